The summed E-state index contributed by atoms with van der Waals surface area (Å²) in [6.45, 7) is 1.03. The lowest BCUT2D eigenvalue weighted by Gasteiger charge is -2.09. The fourth-order valence-corrected chi connectivity index (χ4v) is 2.37. The van der Waals surface area contributed by atoms with Crippen molar-refractivity contribution in [1.29, 1.82) is 0 Å². The molecule has 0 saturated carbocycles. The molecule has 1 aromatic heterocycles. The minimum atomic E-state index is 0.488. The third-order valence-corrected chi connectivity index (χ3v) is 3.52. The van der Waals surface area contributed by atoms with Crippen LogP contribution in [0.1, 0.15) is 11.1 Å². The normalized spacial score (nSPS) is 10.8. The number of rotatable bonds is 5. The second-order valence-electron chi connectivity index (χ2n) is 4.84. The Morgan fingerprint density at radius 2 is 1.90 bits per heavy atom. The van der Waals surface area contributed by atoms with Crippen LogP contribution in [0.4, 0.5) is 0 Å². The van der Waals surface area contributed by atoms with E-state index in [1.807, 2.05) is 36.5 Å². The third kappa shape index (κ3) is 2.71. The van der Waals surface area contributed by atoms with Crippen molar-refractivity contribution in [2.24, 2.45) is 5.73 Å². The number of hydrogen-bond acceptors (Lipinski definition) is 3. The van der Waals surface area contributed by atoms with E-state index in [-0.39, 0.29) is 0 Å². The van der Waals surface area contributed by atoms with Crippen molar-refractivity contribution in [2.75, 3.05) is 7.11 Å². The van der Waals surface area contributed by atoms with Gasteiger partial charge in [-0.05, 0) is 23.8 Å². The molecule has 0 radical (unpaired) electrons. The van der Waals surface area contributed by atoms with Gasteiger partial charge in [0.15, 0.2) is 11.5 Å². The van der Waals surface area contributed by atoms with Crippen molar-refractivity contribution >= 4 is 10.9 Å². The van der Waals surface area contributed by atoms with Gasteiger partial charge < -0.3 is 20.2 Å². The van der Waals surface area contributed by atoms with E-state index in [1.54, 1.807) is 7.11 Å². The van der Waals surface area contributed by atoms with Crippen molar-refractivity contribution in [3.8, 4) is 11.5 Å². The molecule has 1 heterocycles. The molecule has 3 aromatic rings. The number of methoxy groups -OCH3 is 1. The first-order valence-corrected chi connectivity index (χ1v) is 6.86. The molecule has 0 amide bonds. The van der Waals surface area contributed by atoms with E-state index in [0.717, 1.165) is 33.5 Å². The van der Waals surface area contributed by atoms with Crippen LogP contribution < -0.4 is 15.2 Å². The Hall–Kier alpha value is -2.46. The molecule has 3 N–H and O–H groups in total. The Labute approximate surface area is 123 Å². The summed E-state index contributed by atoms with van der Waals surface area (Å²) in [5.74, 6) is 1.48. The number of benzene rings is 2. The van der Waals surface area contributed by atoms with Crippen LogP contribution in [-0.4, -0.2) is 12.1 Å². The van der Waals surface area contributed by atoms with Crippen molar-refractivity contribution in [3.63, 3.8) is 0 Å². The van der Waals surface area contributed by atoms with Crippen molar-refractivity contribution in [1.82, 2.24) is 4.98 Å². The van der Waals surface area contributed by atoms with Crippen LogP contribution in [0.3, 0.4) is 0 Å². The molecule has 0 aliphatic rings. The molecule has 0 atom stereocenters. The van der Waals surface area contributed by atoms with Gasteiger partial charge in [-0.1, -0.05) is 24.3 Å². The number of aromatic amines is 1. The molecule has 2 aromatic carbocycles. The standard InChI is InChI=1S/C17H18N2O2/c1-20-16-4-2-3-5-17(16)21-11-13-10-19-15-8-12(9-18)6-7-14(13)15/h2-8,10,19H,9,11,18H2,1H3. The number of nitrogens with two attached hydrogens (primary N) is 1. The fourth-order valence-electron chi connectivity index (χ4n) is 2.37. The van der Waals surface area contributed by atoms with Crippen molar-refractivity contribution in [3.05, 3.63) is 59.8 Å². The Kier molecular flexibility index (Phi) is 3.79. The van der Waals surface area contributed by atoms with Gasteiger partial charge in [-0.3, -0.25) is 0 Å². The maximum absolute atomic E-state index is 5.87. The van der Waals surface area contributed by atoms with Gasteiger partial charge in [-0.15, -0.1) is 0 Å². The summed E-state index contributed by atoms with van der Waals surface area (Å²) in [4.78, 5) is 3.26. The van der Waals surface area contributed by atoms with Crippen molar-refractivity contribution in [2.45, 2.75) is 13.2 Å². The zero-order valence-corrected chi connectivity index (χ0v) is 11.9. The van der Waals surface area contributed by atoms with Crippen LogP contribution in [0, 0.1) is 0 Å². The highest BCUT2D eigenvalue weighted by atomic mass is 16.5. The van der Waals surface area contributed by atoms with Crippen LogP contribution in [0.25, 0.3) is 10.9 Å². The molecule has 0 spiro atoms. The van der Waals surface area contributed by atoms with Crippen LogP contribution in [0.15, 0.2) is 48.7 Å². The lowest BCUT2D eigenvalue weighted by atomic mass is 10.1. The number of H-pyrrole nitrogens is 1. The minimum Gasteiger partial charge on any atom is -0.493 e. The molecule has 3 rings (SSSR count). The van der Waals surface area contributed by atoms with Gasteiger partial charge in [-0.25, -0.2) is 0 Å². The van der Waals surface area contributed by atoms with Crippen molar-refractivity contribution < 1.29 is 9.47 Å². The summed E-state index contributed by atoms with van der Waals surface area (Å²) < 4.78 is 11.2. The van der Waals surface area contributed by atoms with Gasteiger partial charge >= 0.3 is 0 Å². The average Bonchev–Trinajstić information content (AvgIpc) is 2.95. The number of hydrogen-bond donors (Lipinski definition) is 2. The van der Waals surface area contributed by atoms with Crippen LogP contribution in [0.5, 0.6) is 11.5 Å². The van der Waals surface area contributed by atoms with Crippen LogP contribution >= 0.6 is 0 Å². The number of nitrogens with one attached hydrogen (secondary N) is 1. The number of ether oxygens (including phenoxy) is 2. The Balaban J connectivity index is 1.82. The lowest BCUT2D eigenvalue weighted by molar-refractivity contribution is 0.285. The zero-order chi connectivity index (χ0) is 14.7. The first-order valence-electron chi connectivity index (χ1n) is 6.86. The molecule has 0 unspecified atom stereocenters. The maximum atomic E-state index is 5.87. The molecule has 0 fully saturated rings. The van der Waals surface area contributed by atoms with Gasteiger partial charge in [0.1, 0.15) is 6.61 Å². The predicted molar refractivity (Wildman–Crippen MR) is 83.5 cm³/mol. The number of para-hydroxylation sites is 2. The second kappa shape index (κ2) is 5.89. The van der Waals surface area contributed by atoms with E-state index in [9.17, 15) is 0 Å². The molecule has 21 heavy (non-hydrogen) atoms. The Bertz CT molecular complexity index is 749. The molecule has 0 bridgehead atoms. The van der Waals surface area contributed by atoms with E-state index < -0.39 is 0 Å². The van der Waals surface area contributed by atoms with Crippen LogP contribution in [-0.2, 0) is 13.2 Å². The molecule has 0 aliphatic carbocycles. The summed E-state index contributed by atoms with van der Waals surface area (Å²) in [6.07, 6.45) is 1.97. The first-order chi connectivity index (χ1) is 10.3. The Morgan fingerprint density at radius 3 is 2.67 bits per heavy atom. The molecular formula is C17H18N2O2. The highest BCUT2D eigenvalue weighted by molar-refractivity contribution is 5.83. The molecule has 108 valence electrons. The Morgan fingerprint density at radius 1 is 1.10 bits per heavy atom. The highest BCUT2D eigenvalue weighted by Gasteiger charge is 2.07. The van der Waals surface area contributed by atoms with E-state index in [4.69, 9.17) is 15.2 Å². The minimum absolute atomic E-state index is 0.488. The SMILES string of the molecule is COc1ccccc1OCc1c[nH]c2cc(CN)ccc12. The zero-order valence-electron chi connectivity index (χ0n) is 11.9. The van der Waals surface area contributed by atoms with E-state index in [1.165, 1.54) is 0 Å². The summed E-state index contributed by atoms with van der Waals surface area (Å²) in [7, 11) is 1.64. The first kappa shape index (κ1) is 13.5. The molecule has 4 nitrogen and oxygen atoms in total. The summed E-state index contributed by atoms with van der Waals surface area (Å²) in [6, 6.07) is 13.8. The summed E-state index contributed by atoms with van der Waals surface area (Å²) in [5, 5.41) is 1.15. The molecule has 4 heteroatoms. The maximum Gasteiger partial charge on any atom is 0.161 e. The molecule has 0 aliphatic heterocycles. The summed E-state index contributed by atoms with van der Waals surface area (Å²) >= 11 is 0. The summed E-state index contributed by atoms with van der Waals surface area (Å²) in [5.41, 5.74) is 8.97. The van der Waals surface area contributed by atoms with E-state index >= 15 is 0 Å². The average molecular weight is 282 g/mol. The molecular weight excluding hydrogens is 264 g/mol. The second-order valence-corrected chi connectivity index (χ2v) is 4.84. The van der Waals surface area contributed by atoms with Gasteiger partial charge in [0, 0.05) is 29.2 Å². The number of fused-ring (bicyclic) bond motifs is 1. The van der Waals surface area contributed by atoms with E-state index in [2.05, 4.69) is 17.1 Å². The van der Waals surface area contributed by atoms with Gasteiger partial charge in [0.2, 0.25) is 0 Å². The van der Waals surface area contributed by atoms with Gasteiger partial charge in [-0.2, -0.15) is 0 Å². The van der Waals surface area contributed by atoms with E-state index in [0.29, 0.717) is 13.2 Å². The quantitative estimate of drug-likeness (QED) is 0.755. The fraction of sp³-hybridized carbons (Fsp3) is 0.176. The molecule has 0 saturated heterocycles. The topological polar surface area (TPSA) is 60.3 Å². The van der Waals surface area contributed by atoms with Crippen LogP contribution in [0.2, 0.25) is 0 Å². The van der Waals surface area contributed by atoms with Gasteiger partial charge in [0.05, 0.1) is 7.11 Å². The lowest BCUT2D eigenvalue weighted by Crippen LogP contribution is -1.97. The highest BCUT2D eigenvalue weighted by Crippen LogP contribution is 2.28. The predicted octanol–water partition coefficient (Wildman–Crippen LogP) is 3.21. The largest absolute Gasteiger partial charge is 0.493 e. The number of aromatic nitrogens is 1. The third-order valence-electron chi connectivity index (χ3n) is 3.52. The smallest absolute Gasteiger partial charge is 0.161 e. The van der Waals surface area contributed by atoms with Gasteiger partial charge in [0.25, 0.3) is 0 Å². The monoisotopic (exact) mass is 282 g/mol.